The molecule has 3 rings (SSSR count). The molecular formula is C18H20BrClF3N3O3. The summed E-state index contributed by atoms with van der Waals surface area (Å²) >= 11 is 8.77. The molecule has 1 aromatic carbocycles. The van der Waals surface area contributed by atoms with Crippen molar-refractivity contribution in [1.29, 1.82) is 0 Å². The number of hydrogen-bond acceptors (Lipinski definition) is 5. The Hall–Kier alpha value is -1.68. The molecule has 0 radical (unpaired) electrons. The highest BCUT2D eigenvalue weighted by molar-refractivity contribution is 9.10. The summed E-state index contributed by atoms with van der Waals surface area (Å²) in [6.45, 7) is 8.37. The van der Waals surface area contributed by atoms with Gasteiger partial charge in [-0.25, -0.2) is 4.79 Å². The minimum absolute atomic E-state index is 0.0292. The molecule has 160 valence electrons. The maximum Gasteiger partial charge on any atom is 0.419 e. The molecule has 1 saturated heterocycles. The average molecular weight is 499 g/mol. The number of benzene rings is 1. The van der Waals surface area contributed by atoms with Crippen LogP contribution < -0.4 is 4.90 Å². The molecule has 0 bridgehead atoms. The van der Waals surface area contributed by atoms with Crippen LogP contribution in [0.3, 0.4) is 0 Å². The zero-order chi connectivity index (χ0) is 21.7. The summed E-state index contributed by atoms with van der Waals surface area (Å²) in [4.78, 5) is 20.0. The van der Waals surface area contributed by atoms with E-state index in [0.29, 0.717) is 19.6 Å². The molecule has 0 aliphatic carbocycles. The van der Waals surface area contributed by atoms with E-state index in [1.54, 1.807) is 30.6 Å². The summed E-state index contributed by atoms with van der Waals surface area (Å²) in [7, 11) is 0. The van der Waals surface area contributed by atoms with Crippen molar-refractivity contribution >= 4 is 50.7 Å². The van der Waals surface area contributed by atoms with Gasteiger partial charge in [0.1, 0.15) is 11.1 Å². The van der Waals surface area contributed by atoms with Crippen molar-refractivity contribution in [1.82, 2.24) is 9.88 Å². The third-order valence-electron chi connectivity index (χ3n) is 4.37. The third kappa shape index (κ3) is 4.58. The van der Waals surface area contributed by atoms with E-state index >= 15 is 0 Å². The van der Waals surface area contributed by atoms with E-state index < -0.39 is 28.5 Å². The van der Waals surface area contributed by atoms with Crippen molar-refractivity contribution in [2.75, 3.05) is 24.5 Å². The molecule has 29 heavy (non-hydrogen) atoms. The van der Waals surface area contributed by atoms with E-state index in [4.69, 9.17) is 20.8 Å². The van der Waals surface area contributed by atoms with Crippen LogP contribution in [-0.2, 0) is 10.9 Å². The van der Waals surface area contributed by atoms with Gasteiger partial charge in [0.2, 0.25) is 0 Å². The zero-order valence-electron chi connectivity index (χ0n) is 16.2. The third-order valence-corrected chi connectivity index (χ3v) is 5.43. The lowest BCUT2D eigenvalue weighted by molar-refractivity contribution is -0.138. The van der Waals surface area contributed by atoms with Gasteiger partial charge in [-0.1, -0.05) is 11.6 Å². The topological polar surface area (TPSA) is 58.8 Å². The number of halogens is 5. The van der Waals surface area contributed by atoms with Crippen molar-refractivity contribution in [2.24, 2.45) is 0 Å². The lowest BCUT2D eigenvalue weighted by Gasteiger charge is -2.39. The zero-order valence-corrected chi connectivity index (χ0v) is 18.6. The molecular weight excluding hydrogens is 479 g/mol. The molecule has 1 unspecified atom stereocenters. The number of fused-ring (bicyclic) bond motifs is 1. The van der Waals surface area contributed by atoms with E-state index in [0.717, 1.165) is 6.07 Å². The van der Waals surface area contributed by atoms with Crippen LogP contribution in [0.25, 0.3) is 11.1 Å². The molecule has 1 amide bonds. The molecule has 2 heterocycles. The molecule has 1 aliphatic heterocycles. The summed E-state index contributed by atoms with van der Waals surface area (Å²) in [5.74, 6) is 0. The van der Waals surface area contributed by atoms with Gasteiger partial charge in [-0.2, -0.15) is 18.2 Å². The normalized spacial score (nSPS) is 18.4. The summed E-state index contributed by atoms with van der Waals surface area (Å²) in [6, 6.07) is 1.13. The van der Waals surface area contributed by atoms with Gasteiger partial charge in [0.15, 0.2) is 5.58 Å². The van der Waals surface area contributed by atoms with Crippen LogP contribution in [0.15, 0.2) is 15.0 Å². The summed E-state index contributed by atoms with van der Waals surface area (Å²) in [5, 5.41) is -0.459. The minimum atomic E-state index is -4.64. The first-order chi connectivity index (χ1) is 13.3. The molecule has 0 saturated carbocycles. The first-order valence-electron chi connectivity index (χ1n) is 8.88. The molecule has 1 aromatic heterocycles. The van der Waals surface area contributed by atoms with Gasteiger partial charge >= 0.3 is 12.3 Å². The number of oxazole rings is 1. The number of aromatic nitrogens is 1. The lowest BCUT2D eigenvalue weighted by Crippen LogP contribution is -2.54. The van der Waals surface area contributed by atoms with Gasteiger partial charge < -0.3 is 19.0 Å². The van der Waals surface area contributed by atoms with Crippen molar-refractivity contribution < 1.29 is 27.1 Å². The lowest BCUT2D eigenvalue weighted by atomic mass is 10.2. The van der Waals surface area contributed by atoms with Crippen LogP contribution >= 0.6 is 27.5 Å². The van der Waals surface area contributed by atoms with E-state index in [2.05, 4.69) is 20.9 Å². The molecule has 6 nitrogen and oxygen atoms in total. The molecule has 1 fully saturated rings. The number of carbonyl (C=O) groups excluding carboxylic acids is 1. The highest BCUT2D eigenvalue weighted by atomic mass is 79.9. The van der Waals surface area contributed by atoms with Gasteiger partial charge in [-0.05, 0) is 49.7 Å². The van der Waals surface area contributed by atoms with E-state index in [1.807, 2.05) is 6.92 Å². The van der Waals surface area contributed by atoms with Crippen molar-refractivity contribution in [2.45, 2.75) is 45.5 Å². The second kappa shape index (κ2) is 7.54. The number of anilines is 1. The molecule has 1 atom stereocenters. The Labute approximate surface area is 179 Å². The molecule has 1 aliphatic rings. The highest BCUT2D eigenvalue weighted by Gasteiger charge is 2.38. The SMILES string of the molecule is CC1CN(C(=O)OC(C)(C)C)CCN1c1nc2cc(Cl)c(C(F)(F)F)c(Br)c2o1. The summed E-state index contributed by atoms with van der Waals surface area (Å²) in [5.41, 5.74) is -1.42. The maximum atomic E-state index is 13.3. The minimum Gasteiger partial charge on any atom is -0.444 e. The Bertz CT molecular complexity index is 942. The van der Waals surface area contributed by atoms with E-state index in [1.165, 1.54) is 0 Å². The predicted molar refractivity (Wildman–Crippen MR) is 106 cm³/mol. The molecule has 0 spiro atoms. The number of ether oxygens (including phenoxy) is 1. The van der Waals surface area contributed by atoms with E-state index in [-0.39, 0.29) is 27.6 Å². The first-order valence-corrected chi connectivity index (χ1v) is 10.1. The van der Waals surface area contributed by atoms with Gasteiger partial charge in [0.25, 0.3) is 6.01 Å². The molecule has 11 heteroatoms. The fraction of sp³-hybridized carbons (Fsp3) is 0.556. The fourth-order valence-corrected chi connectivity index (χ4v) is 4.24. The number of piperazine rings is 1. The smallest absolute Gasteiger partial charge is 0.419 e. The summed E-state index contributed by atoms with van der Waals surface area (Å²) < 4.78 is 50.5. The van der Waals surface area contributed by atoms with Crippen LogP contribution in [0.4, 0.5) is 24.0 Å². The van der Waals surface area contributed by atoms with Crippen LogP contribution in [0.2, 0.25) is 5.02 Å². The Balaban J connectivity index is 1.85. The first kappa shape index (κ1) is 22.0. The van der Waals surface area contributed by atoms with Crippen LogP contribution in [0.5, 0.6) is 0 Å². The van der Waals surface area contributed by atoms with Gasteiger partial charge in [-0.15, -0.1) is 0 Å². The quantitative estimate of drug-likeness (QED) is 0.504. The Kier molecular flexibility index (Phi) is 5.72. The van der Waals surface area contributed by atoms with Crippen LogP contribution in [0.1, 0.15) is 33.3 Å². The second-order valence-corrected chi connectivity index (χ2v) is 9.06. The number of rotatable bonds is 1. The van der Waals surface area contributed by atoms with Crippen LogP contribution in [0, 0.1) is 0 Å². The van der Waals surface area contributed by atoms with Crippen molar-refractivity contribution in [3.05, 3.63) is 21.1 Å². The summed E-state index contributed by atoms with van der Waals surface area (Å²) in [6.07, 6.45) is -5.05. The van der Waals surface area contributed by atoms with Crippen molar-refractivity contribution in [3.8, 4) is 0 Å². The van der Waals surface area contributed by atoms with Gasteiger partial charge in [0.05, 0.1) is 15.1 Å². The van der Waals surface area contributed by atoms with Crippen molar-refractivity contribution in [3.63, 3.8) is 0 Å². The largest absolute Gasteiger partial charge is 0.444 e. The Morgan fingerprint density at radius 3 is 2.55 bits per heavy atom. The fourth-order valence-electron chi connectivity index (χ4n) is 3.10. The van der Waals surface area contributed by atoms with E-state index in [9.17, 15) is 18.0 Å². The number of carbonyl (C=O) groups is 1. The van der Waals surface area contributed by atoms with Gasteiger partial charge in [-0.3, -0.25) is 0 Å². The second-order valence-electron chi connectivity index (χ2n) is 7.86. The Morgan fingerprint density at radius 1 is 1.34 bits per heavy atom. The highest BCUT2D eigenvalue weighted by Crippen LogP contribution is 2.44. The van der Waals surface area contributed by atoms with Gasteiger partial charge in [0, 0.05) is 25.7 Å². The standard InChI is InChI=1S/C18H20BrClF3N3O3/c1-9-8-25(16(27)29-17(2,3)4)5-6-26(9)15-24-11-7-10(20)12(18(21,22)23)13(19)14(11)28-15/h7,9H,5-6,8H2,1-4H3. The molecule has 0 N–H and O–H groups in total. The number of hydrogen-bond donors (Lipinski definition) is 0. The van der Waals surface area contributed by atoms with Crippen LogP contribution in [-0.4, -0.2) is 47.3 Å². The Morgan fingerprint density at radius 2 is 2.00 bits per heavy atom. The maximum absolute atomic E-state index is 13.3. The monoisotopic (exact) mass is 497 g/mol. The average Bonchev–Trinajstić information content (AvgIpc) is 2.95. The molecule has 2 aromatic rings. The number of amides is 1. The number of nitrogens with zero attached hydrogens (tertiary/aromatic N) is 3. The predicted octanol–water partition coefficient (Wildman–Crippen LogP) is 5.71. The number of alkyl halides is 3.